The number of carbonyl (C=O) groups excluding carboxylic acids is 2. The highest BCUT2D eigenvalue weighted by Crippen LogP contribution is 2.41. The lowest BCUT2D eigenvalue weighted by molar-refractivity contribution is -0.123. The van der Waals surface area contributed by atoms with Crippen molar-refractivity contribution in [2.24, 2.45) is 5.73 Å². The van der Waals surface area contributed by atoms with Crippen molar-refractivity contribution < 1.29 is 14.7 Å². The largest absolute Gasteiger partial charge is 0.394 e. The SMILES string of the molecule is Cc1c(-c2ccn3c(=O)c(CNC[C@@H]4CCC(=O)N4)cnc3c2)cccc1-c1cccc(-c2ccc3c(c2)C[C@@H](NC(=O)C(N)CO)C3)c1Cl. The third kappa shape index (κ3) is 6.67. The van der Waals surface area contributed by atoms with Gasteiger partial charge < -0.3 is 26.8 Å². The highest BCUT2D eigenvalue weighted by Gasteiger charge is 2.26. The Hall–Kier alpha value is -4.87. The van der Waals surface area contributed by atoms with Crippen LogP contribution in [0, 0.1) is 6.92 Å². The van der Waals surface area contributed by atoms with Gasteiger partial charge in [-0.15, -0.1) is 0 Å². The standard InChI is InChI=1S/C39H39ClN6O4/c1-22-30(25-12-13-46-35(17-25)43-19-27(39(46)50)18-42-20-28-10-11-36(48)44-28)4-2-5-31(22)33-7-3-6-32(37(33)40)24-9-8-23-15-29(16-26(23)14-24)45-38(49)34(41)21-47/h2-9,12-14,17,19,28-29,34,42,47H,10-11,15-16,18,20-21,41H2,1H3,(H,44,48)(H,45,49)/t28-,29-,34?/m0/s1. The van der Waals surface area contributed by atoms with Crippen LogP contribution >= 0.6 is 11.6 Å². The second kappa shape index (κ2) is 14.2. The Bertz CT molecular complexity index is 2180. The number of benzene rings is 3. The van der Waals surface area contributed by atoms with E-state index in [-0.39, 0.29) is 29.5 Å². The molecule has 0 bridgehead atoms. The maximum atomic E-state index is 13.3. The Balaban J connectivity index is 1.12. The van der Waals surface area contributed by atoms with Crippen molar-refractivity contribution in [2.75, 3.05) is 13.2 Å². The molecule has 0 radical (unpaired) electrons. The summed E-state index contributed by atoms with van der Waals surface area (Å²) in [4.78, 5) is 41.6. The van der Waals surface area contributed by atoms with Crippen LogP contribution < -0.4 is 27.2 Å². The average Bonchev–Trinajstić information content (AvgIpc) is 3.73. The number of aliphatic hydroxyl groups is 1. The number of rotatable bonds is 10. The lowest BCUT2D eigenvalue weighted by Gasteiger charge is -2.16. The van der Waals surface area contributed by atoms with Crippen LogP contribution in [0.5, 0.6) is 0 Å². The van der Waals surface area contributed by atoms with E-state index in [4.69, 9.17) is 17.3 Å². The first kappa shape index (κ1) is 33.6. The number of pyridine rings is 1. The Kier molecular flexibility index (Phi) is 9.52. The number of nitrogens with zero attached hydrogens (tertiary/aromatic N) is 2. The molecule has 6 N–H and O–H groups in total. The fourth-order valence-electron chi connectivity index (χ4n) is 7.10. The van der Waals surface area contributed by atoms with Crippen LogP contribution in [0.3, 0.4) is 0 Å². The number of nitrogens with two attached hydrogens (primary N) is 1. The van der Waals surface area contributed by atoms with Gasteiger partial charge >= 0.3 is 0 Å². The van der Waals surface area contributed by atoms with E-state index >= 15 is 0 Å². The van der Waals surface area contributed by atoms with Crippen LogP contribution in [0.1, 0.15) is 35.1 Å². The zero-order valence-electron chi connectivity index (χ0n) is 27.7. The van der Waals surface area contributed by atoms with Gasteiger partial charge in [-0.25, -0.2) is 4.98 Å². The first-order chi connectivity index (χ1) is 24.2. The summed E-state index contributed by atoms with van der Waals surface area (Å²) >= 11 is 7.17. The molecule has 1 saturated heterocycles. The molecule has 2 aliphatic rings. The average molecular weight is 691 g/mol. The van der Waals surface area contributed by atoms with Gasteiger partial charge in [0.15, 0.2) is 0 Å². The molecule has 1 aliphatic heterocycles. The summed E-state index contributed by atoms with van der Waals surface area (Å²) in [5, 5.41) is 19.0. The number of aliphatic hydroxyl groups excluding tert-OH is 1. The monoisotopic (exact) mass is 690 g/mol. The topological polar surface area (TPSA) is 151 Å². The number of hydrogen-bond donors (Lipinski definition) is 5. The zero-order valence-corrected chi connectivity index (χ0v) is 28.5. The first-order valence-corrected chi connectivity index (χ1v) is 17.3. The summed E-state index contributed by atoms with van der Waals surface area (Å²) in [6.45, 7) is 2.66. The molecule has 256 valence electrons. The molecule has 3 atom stereocenters. The zero-order chi connectivity index (χ0) is 34.9. The van der Waals surface area contributed by atoms with E-state index in [1.807, 2.05) is 36.4 Å². The van der Waals surface area contributed by atoms with Gasteiger partial charge in [-0.05, 0) is 77.3 Å². The fourth-order valence-corrected chi connectivity index (χ4v) is 7.43. The molecule has 1 aliphatic carbocycles. The predicted octanol–water partition coefficient (Wildman–Crippen LogP) is 3.93. The molecule has 11 heteroatoms. The first-order valence-electron chi connectivity index (χ1n) is 16.9. The fraction of sp³-hybridized carbons (Fsp3) is 0.282. The minimum atomic E-state index is -0.929. The molecule has 1 fully saturated rings. The lowest BCUT2D eigenvalue weighted by Crippen LogP contribution is -2.47. The number of hydrogen-bond acceptors (Lipinski definition) is 7. The van der Waals surface area contributed by atoms with Crippen molar-refractivity contribution in [1.82, 2.24) is 25.3 Å². The lowest BCUT2D eigenvalue weighted by atomic mass is 9.91. The van der Waals surface area contributed by atoms with E-state index < -0.39 is 12.6 Å². The number of nitrogens with one attached hydrogen (secondary N) is 3. The smallest absolute Gasteiger partial charge is 0.262 e. The van der Waals surface area contributed by atoms with Crippen LogP contribution in [-0.4, -0.2) is 57.6 Å². The summed E-state index contributed by atoms with van der Waals surface area (Å²) in [6.07, 6.45) is 6.12. The number of amides is 2. The van der Waals surface area contributed by atoms with E-state index in [1.54, 1.807) is 16.8 Å². The van der Waals surface area contributed by atoms with E-state index in [9.17, 15) is 19.5 Å². The van der Waals surface area contributed by atoms with Gasteiger partial charge in [0.25, 0.3) is 5.56 Å². The van der Waals surface area contributed by atoms with E-state index in [0.29, 0.717) is 48.6 Å². The third-order valence-electron chi connectivity index (χ3n) is 9.84. The molecule has 3 aromatic carbocycles. The summed E-state index contributed by atoms with van der Waals surface area (Å²) in [5.74, 6) is -0.280. The van der Waals surface area contributed by atoms with E-state index in [2.05, 4.69) is 58.2 Å². The third-order valence-corrected chi connectivity index (χ3v) is 10.2. The van der Waals surface area contributed by atoms with Crippen LogP contribution in [0.2, 0.25) is 5.02 Å². The molecule has 50 heavy (non-hydrogen) atoms. The molecule has 1 unspecified atom stereocenters. The Morgan fingerprint density at radius 2 is 1.76 bits per heavy atom. The predicted molar refractivity (Wildman–Crippen MR) is 195 cm³/mol. The molecule has 7 rings (SSSR count). The van der Waals surface area contributed by atoms with Gasteiger partial charge in [0, 0.05) is 60.7 Å². The molecular formula is C39H39ClN6O4. The van der Waals surface area contributed by atoms with Crippen molar-refractivity contribution in [3.05, 3.63) is 117 Å². The molecule has 0 spiro atoms. The van der Waals surface area contributed by atoms with Crippen molar-refractivity contribution in [3.8, 4) is 33.4 Å². The van der Waals surface area contributed by atoms with Crippen LogP contribution in [0.25, 0.3) is 39.0 Å². The maximum Gasteiger partial charge on any atom is 0.262 e. The van der Waals surface area contributed by atoms with Gasteiger partial charge in [0.2, 0.25) is 11.8 Å². The van der Waals surface area contributed by atoms with Crippen molar-refractivity contribution in [2.45, 2.75) is 57.3 Å². The van der Waals surface area contributed by atoms with E-state index in [1.165, 1.54) is 5.56 Å². The molecule has 0 saturated carbocycles. The summed E-state index contributed by atoms with van der Waals surface area (Å²) in [7, 11) is 0. The second-order valence-corrected chi connectivity index (χ2v) is 13.6. The Morgan fingerprint density at radius 1 is 1.02 bits per heavy atom. The molecule has 3 heterocycles. The van der Waals surface area contributed by atoms with E-state index in [0.717, 1.165) is 50.9 Å². The summed E-state index contributed by atoms with van der Waals surface area (Å²) in [5.41, 5.74) is 15.8. The summed E-state index contributed by atoms with van der Waals surface area (Å²) in [6, 6.07) is 21.4. The number of halogens is 1. The van der Waals surface area contributed by atoms with Crippen molar-refractivity contribution in [1.29, 1.82) is 0 Å². The van der Waals surface area contributed by atoms with Crippen molar-refractivity contribution >= 4 is 29.1 Å². The van der Waals surface area contributed by atoms with Gasteiger partial charge in [0.1, 0.15) is 11.7 Å². The van der Waals surface area contributed by atoms with Crippen LogP contribution in [0.4, 0.5) is 0 Å². The molecule has 2 aromatic heterocycles. The maximum absolute atomic E-state index is 13.3. The molecule has 2 amide bonds. The summed E-state index contributed by atoms with van der Waals surface area (Å²) < 4.78 is 1.56. The van der Waals surface area contributed by atoms with Gasteiger partial charge in [-0.1, -0.05) is 66.2 Å². The second-order valence-electron chi connectivity index (χ2n) is 13.2. The van der Waals surface area contributed by atoms with Gasteiger partial charge in [-0.2, -0.15) is 0 Å². The molecule has 10 nitrogen and oxygen atoms in total. The normalized spacial score (nSPS) is 17.5. The Morgan fingerprint density at radius 3 is 2.54 bits per heavy atom. The number of aromatic nitrogens is 2. The number of fused-ring (bicyclic) bond motifs is 2. The minimum Gasteiger partial charge on any atom is -0.394 e. The highest BCUT2D eigenvalue weighted by atomic mass is 35.5. The van der Waals surface area contributed by atoms with Gasteiger partial charge in [-0.3, -0.25) is 18.8 Å². The Labute approximate surface area is 294 Å². The number of carbonyl (C=O) groups is 2. The minimum absolute atomic E-state index is 0.0684. The quantitative estimate of drug-likeness (QED) is 0.149. The van der Waals surface area contributed by atoms with Gasteiger partial charge in [0.05, 0.1) is 11.6 Å². The highest BCUT2D eigenvalue weighted by molar-refractivity contribution is 6.36. The molecular weight excluding hydrogens is 652 g/mol. The molecule has 5 aromatic rings. The van der Waals surface area contributed by atoms with Crippen LogP contribution in [-0.2, 0) is 29.0 Å². The van der Waals surface area contributed by atoms with Crippen LogP contribution in [0.15, 0.2) is 83.9 Å². The van der Waals surface area contributed by atoms with Crippen molar-refractivity contribution in [3.63, 3.8) is 0 Å².